The second kappa shape index (κ2) is 10.5. The van der Waals surface area contributed by atoms with Crippen molar-refractivity contribution in [3.05, 3.63) is 23.8 Å². The number of nitrogens with zero attached hydrogens (tertiary/aromatic N) is 3. The molecule has 7 heteroatoms. The Balaban J connectivity index is 1.42. The van der Waals surface area contributed by atoms with Crippen LogP contribution in [0.25, 0.3) is 0 Å². The fourth-order valence-corrected chi connectivity index (χ4v) is 3.54. The van der Waals surface area contributed by atoms with Crippen molar-refractivity contribution in [3.8, 4) is 11.5 Å². The number of nitrogens with one attached hydrogen (secondary N) is 2. The predicted molar refractivity (Wildman–Crippen MR) is 113 cm³/mol. The molecular weight excluding hydrogens is 354 g/mol. The number of aliphatic imine (C=N–C) groups is 1. The van der Waals surface area contributed by atoms with Crippen LogP contribution in [0.15, 0.2) is 23.2 Å². The van der Waals surface area contributed by atoms with Crippen LogP contribution in [0.1, 0.15) is 19.4 Å². The maximum Gasteiger partial charge on any atom is 0.231 e. The Hall–Kier alpha value is -1.99. The summed E-state index contributed by atoms with van der Waals surface area (Å²) in [5, 5.41) is 6.80. The van der Waals surface area contributed by atoms with Crippen molar-refractivity contribution < 1.29 is 9.47 Å². The molecule has 1 aromatic rings. The molecule has 3 rings (SSSR count). The number of hydrogen-bond donors (Lipinski definition) is 2. The molecule has 0 spiro atoms. The number of benzene rings is 1. The van der Waals surface area contributed by atoms with E-state index < -0.39 is 0 Å². The van der Waals surface area contributed by atoms with Gasteiger partial charge in [-0.25, -0.2) is 0 Å². The number of rotatable bonds is 8. The SMILES string of the molecule is CCNC(=NCC(C)CN1CCN(C)CC1)NCCc1ccc2c(c1)OCO2. The van der Waals surface area contributed by atoms with E-state index in [1.54, 1.807) is 0 Å². The summed E-state index contributed by atoms with van der Waals surface area (Å²) in [6.45, 7) is 13.0. The lowest BCUT2D eigenvalue weighted by molar-refractivity contribution is 0.140. The lowest BCUT2D eigenvalue weighted by Gasteiger charge is -2.33. The molecule has 7 nitrogen and oxygen atoms in total. The van der Waals surface area contributed by atoms with Gasteiger partial charge >= 0.3 is 0 Å². The second-order valence-corrected chi connectivity index (χ2v) is 7.79. The summed E-state index contributed by atoms with van der Waals surface area (Å²) in [6, 6.07) is 6.14. The molecule has 28 heavy (non-hydrogen) atoms. The molecular formula is C21H35N5O2. The first-order valence-corrected chi connectivity index (χ1v) is 10.5. The van der Waals surface area contributed by atoms with Gasteiger partial charge in [0.05, 0.1) is 0 Å². The van der Waals surface area contributed by atoms with Gasteiger partial charge in [0, 0.05) is 52.4 Å². The van der Waals surface area contributed by atoms with Gasteiger partial charge in [0.15, 0.2) is 17.5 Å². The number of likely N-dealkylation sites (N-methyl/N-ethyl adjacent to an activating group) is 1. The Morgan fingerprint density at radius 1 is 1.14 bits per heavy atom. The van der Waals surface area contributed by atoms with Gasteiger partial charge < -0.3 is 29.9 Å². The summed E-state index contributed by atoms with van der Waals surface area (Å²) in [5.41, 5.74) is 1.23. The molecule has 0 aliphatic carbocycles. The minimum absolute atomic E-state index is 0.320. The van der Waals surface area contributed by atoms with E-state index in [1.807, 2.05) is 6.07 Å². The quantitative estimate of drug-likeness (QED) is 0.518. The largest absolute Gasteiger partial charge is 0.454 e. The molecule has 2 N–H and O–H groups in total. The lowest BCUT2D eigenvalue weighted by Crippen LogP contribution is -2.46. The third-order valence-corrected chi connectivity index (χ3v) is 5.21. The molecule has 1 aromatic carbocycles. The van der Waals surface area contributed by atoms with Crippen molar-refractivity contribution in [2.24, 2.45) is 10.9 Å². The highest BCUT2D eigenvalue weighted by Gasteiger charge is 2.16. The molecule has 0 radical (unpaired) electrons. The second-order valence-electron chi connectivity index (χ2n) is 7.79. The van der Waals surface area contributed by atoms with Gasteiger partial charge in [-0.3, -0.25) is 4.99 Å². The van der Waals surface area contributed by atoms with Crippen LogP contribution in [0.3, 0.4) is 0 Å². The first-order valence-electron chi connectivity index (χ1n) is 10.5. The van der Waals surface area contributed by atoms with Crippen LogP contribution in [0.4, 0.5) is 0 Å². The highest BCUT2D eigenvalue weighted by Crippen LogP contribution is 2.32. The number of ether oxygens (including phenoxy) is 2. The van der Waals surface area contributed by atoms with Crippen LogP contribution in [0.5, 0.6) is 11.5 Å². The van der Waals surface area contributed by atoms with E-state index in [4.69, 9.17) is 14.5 Å². The van der Waals surface area contributed by atoms with Crippen molar-refractivity contribution in [1.29, 1.82) is 0 Å². The molecule has 0 saturated carbocycles. The third-order valence-electron chi connectivity index (χ3n) is 5.21. The van der Waals surface area contributed by atoms with Gasteiger partial charge in [-0.05, 0) is 44.0 Å². The fourth-order valence-electron chi connectivity index (χ4n) is 3.54. The van der Waals surface area contributed by atoms with Crippen molar-refractivity contribution in [2.75, 3.05) is 66.2 Å². The summed E-state index contributed by atoms with van der Waals surface area (Å²) in [7, 11) is 2.20. The van der Waals surface area contributed by atoms with E-state index >= 15 is 0 Å². The van der Waals surface area contributed by atoms with Gasteiger partial charge in [-0.15, -0.1) is 0 Å². The monoisotopic (exact) mass is 389 g/mol. The van der Waals surface area contributed by atoms with Crippen LogP contribution in [-0.2, 0) is 6.42 Å². The van der Waals surface area contributed by atoms with Crippen molar-refractivity contribution in [2.45, 2.75) is 20.3 Å². The minimum atomic E-state index is 0.320. The van der Waals surface area contributed by atoms with Gasteiger partial charge in [-0.1, -0.05) is 13.0 Å². The summed E-state index contributed by atoms with van der Waals surface area (Å²) < 4.78 is 10.8. The maximum absolute atomic E-state index is 5.45. The van der Waals surface area contributed by atoms with Crippen molar-refractivity contribution >= 4 is 5.96 Å². The Bertz CT molecular complexity index is 644. The molecule has 2 aliphatic heterocycles. The smallest absolute Gasteiger partial charge is 0.231 e. The zero-order valence-corrected chi connectivity index (χ0v) is 17.5. The molecule has 1 atom stereocenters. The zero-order valence-electron chi connectivity index (χ0n) is 17.5. The molecule has 0 amide bonds. The predicted octanol–water partition coefficient (Wildman–Crippen LogP) is 1.40. The highest BCUT2D eigenvalue weighted by molar-refractivity contribution is 5.79. The van der Waals surface area contributed by atoms with Gasteiger partial charge in [0.25, 0.3) is 0 Å². The fraction of sp³-hybridized carbons (Fsp3) is 0.667. The minimum Gasteiger partial charge on any atom is -0.454 e. The number of guanidine groups is 1. The molecule has 156 valence electrons. The van der Waals surface area contributed by atoms with E-state index in [0.717, 1.165) is 50.1 Å². The zero-order chi connectivity index (χ0) is 19.8. The van der Waals surface area contributed by atoms with Crippen LogP contribution in [-0.4, -0.2) is 82.0 Å². The lowest BCUT2D eigenvalue weighted by atomic mass is 10.1. The summed E-state index contributed by atoms with van der Waals surface area (Å²) in [4.78, 5) is 9.75. The van der Waals surface area contributed by atoms with Gasteiger partial charge in [0.2, 0.25) is 6.79 Å². The molecule has 1 fully saturated rings. The van der Waals surface area contributed by atoms with E-state index in [0.29, 0.717) is 12.7 Å². The standard InChI is InChI=1S/C21H35N5O2/c1-4-22-21(24-14-17(2)15-26-11-9-25(3)10-12-26)23-8-7-18-5-6-19-20(13-18)28-16-27-19/h5-6,13,17H,4,7-12,14-16H2,1-3H3,(H2,22,23,24). The van der Waals surface area contributed by atoms with E-state index in [-0.39, 0.29) is 0 Å². The van der Waals surface area contributed by atoms with Crippen molar-refractivity contribution in [1.82, 2.24) is 20.4 Å². The number of hydrogen-bond acceptors (Lipinski definition) is 5. The molecule has 0 aromatic heterocycles. The topological polar surface area (TPSA) is 61.4 Å². The van der Waals surface area contributed by atoms with E-state index in [9.17, 15) is 0 Å². The first-order chi connectivity index (χ1) is 13.6. The summed E-state index contributed by atoms with van der Waals surface area (Å²) >= 11 is 0. The first kappa shape index (κ1) is 20.7. The number of fused-ring (bicyclic) bond motifs is 1. The molecule has 2 heterocycles. The average Bonchev–Trinajstić information content (AvgIpc) is 3.16. The third kappa shape index (κ3) is 6.27. The molecule has 2 aliphatic rings. The van der Waals surface area contributed by atoms with E-state index in [2.05, 4.69) is 53.5 Å². The van der Waals surface area contributed by atoms with Gasteiger partial charge in [0.1, 0.15) is 0 Å². The van der Waals surface area contributed by atoms with Crippen LogP contribution in [0, 0.1) is 5.92 Å². The number of piperazine rings is 1. The molecule has 1 saturated heterocycles. The van der Waals surface area contributed by atoms with Crippen LogP contribution in [0.2, 0.25) is 0 Å². The molecule has 1 unspecified atom stereocenters. The Morgan fingerprint density at radius 3 is 2.71 bits per heavy atom. The summed E-state index contributed by atoms with van der Waals surface area (Å²) in [6.07, 6.45) is 0.915. The highest BCUT2D eigenvalue weighted by atomic mass is 16.7. The maximum atomic E-state index is 5.45. The van der Waals surface area contributed by atoms with Crippen LogP contribution < -0.4 is 20.1 Å². The van der Waals surface area contributed by atoms with Crippen LogP contribution >= 0.6 is 0 Å². The average molecular weight is 390 g/mol. The molecule has 0 bridgehead atoms. The van der Waals surface area contributed by atoms with Gasteiger partial charge in [-0.2, -0.15) is 0 Å². The van der Waals surface area contributed by atoms with E-state index in [1.165, 1.54) is 31.7 Å². The summed E-state index contributed by atoms with van der Waals surface area (Å²) in [5.74, 6) is 3.12. The Kier molecular flexibility index (Phi) is 7.80. The Morgan fingerprint density at radius 2 is 1.93 bits per heavy atom. The normalized spacial score (nSPS) is 18.9. The Labute approximate surface area is 169 Å². The van der Waals surface area contributed by atoms with Crippen molar-refractivity contribution in [3.63, 3.8) is 0 Å².